The van der Waals surface area contributed by atoms with Crippen LogP contribution in [-0.4, -0.2) is 45.8 Å². The van der Waals surface area contributed by atoms with Crippen LogP contribution in [0.5, 0.6) is 0 Å². The van der Waals surface area contributed by atoms with Crippen LogP contribution in [0.4, 0.5) is 0 Å². The van der Waals surface area contributed by atoms with Crippen LogP contribution in [0.25, 0.3) is 0 Å². The van der Waals surface area contributed by atoms with E-state index in [1.807, 2.05) is 0 Å². The maximum atomic E-state index is 5.74. The molecule has 2 fully saturated rings. The van der Waals surface area contributed by atoms with Gasteiger partial charge < -0.3 is 19.5 Å². The van der Waals surface area contributed by atoms with Crippen LogP contribution in [0.2, 0.25) is 0 Å². The van der Waals surface area contributed by atoms with E-state index in [1.54, 1.807) is 14.2 Å². The van der Waals surface area contributed by atoms with E-state index in [9.17, 15) is 0 Å². The van der Waals surface area contributed by atoms with Crippen LogP contribution >= 0.6 is 0 Å². The zero-order chi connectivity index (χ0) is 10.7. The van der Waals surface area contributed by atoms with Gasteiger partial charge in [-0.1, -0.05) is 0 Å². The Kier molecular flexibility index (Phi) is 3.97. The van der Waals surface area contributed by atoms with Crippen molar-refractivity contribution in [2.75, 3.05) is 27.4 Å². The number of ether oxygens (including phenoxy) is 3. The van der Waals surface area contributed by atoms with E-state index in [0.29, 0.717) is 12.1 Å². The lowest BCUT2D eigenvalue weighted by Gasteiger charge is -2.22. The summed E-state index contributed by atoms with van der Waals surface area (Å²) < 4.78 is 16.0. The van der Waals surface area contributed by atoms with Crippen LogP contribution in [0.15, 0.2) is 0 Å². The zero-order valence-corrected chi connectivity index (χ0v) is 9.57. The van der Waals surface area contributed by atoms with Gasteiger partial charge in [0, 0.05) is 33.4 Å². The third-order valence-corrected chi connectivity index (χ3v) is 3.29. The summed E-state index contributed by atoms with van der Waals surface area (Å²) in [6.45, 7) is 1.63. The average Bonchev–Trinajstić information content (AvgIpc) is 3.00. The monoisotopic (exact) mass is 215 g/mol. The quantitative estimate of drug-likeness (QED) is 0.664. The minimum absolute atomic E-state index is 0.148. The van der Waals surface area contributed by atoms with E-state index in [1.165, 1.54) is 12.8 Å². The minimum Gasteiger partial charge on any atom is -0.376 e. The summed E-state index contributed by atoms with van der Waals surface area (Å²) in [5.74, 6) is 0.800. The van der Waals surface area contributed by atoms with E-state index < -0.39 is 0 Å². The van der Waals surface area contributed by atoms with Crippen LogP contribution in [0.3, 0.4) is 0 Å². The number of hydrogen-bond donors (Lipinski definition) is 1. The van der Waals surface area contributed by atoms with Crippen molar-refractivity contribution in [1.29, 1.82) is 0 Å². The lowest BCUT2D eigenvalue weighted by Crippen LogP contribution is -2.42. The fourth-order valence-electron chi connectivity index (χ4n) is 2.23. The summed E-state index contributed by atoms with van der Waals surface area (Å²) in [4.78, 5) is 0. The average molecular weight is 215 g/mol. The van der Waals surface area contributed by atoms with Gasteiger partial charge in [-0.3, -0.25) is 0 Å². The molecule has 1 aliphatic heterocycles. The van der Waals surface area contributed by atoms with Crippen molar-refractivity contribution < 1.29 is 14.2 Å². The molecule has 2 atom stereocenters. The highest BCUT2D eigenvalue weighted by molar-refractivity contribution is 4.93. The predicted molar refractivity (Wildman–Crippen MR) is 56.7 cm³/mol. The SMILES string of the molecule is COC(CNC1CCOC1C1CC1)OC. The van der Waals surface area contributed by atoms with Gasteiger partial charge in [-0.25, -0.2) is 0 Å². The Morgan fingerprint density at radius 2 is 2.00 bits per heavy atom. The number of rotatable bonds is 6. The maximum Gasteiger partial charge on any atom is 0.169 e. The molecule has 4 heteroatoms. The Morgan fingerprint density at radius 3 is 2.60 bits per heavy atom. The van der Waals surface area contributed by atoms with Crippen molar-refractivity contribution in [3.8, 4) is 0 Å². The van der Waals surface area contributed by atoms with Gasteiger partial charge >= 0.3 is 0 Å². The Bertz CT molecular complexity index is 192. The lowest BCUT2D eigenvalue weighted by atomic mass is 10.1. The van der Waals surface area contributed by atoms with Gasteiger partial charge in [0.1, 0.15) is 0 Å². The molecular formula is C11H21NO3. The van der Waals surface area contributed by atoms with Crippen molar-refractivity contribution >= 4 is 0 Å². The van der Waals surface area contributed by atoms with E-state index in [2.05, 4.69) is 5.32 Å². The highest BCUT2D eigenvalue weighted by Crippen LogP contribution is 2.38. The molecule has 88 valence electrons. The van der Waals surface area contributed by atoms with Crippen LogP contribution in [-0.2, 0) is 14.2 Å². The maximum absolute atomic E-state index is 5.74. The molecule has 15 heavy (non-hydrogen) atoms. The normalized spacial score (nSPS) is 31.4. The fourth-order valence-corrected chi connectivity index (χ4v) is 2.23. The Morgan fingerprint density at radius 1 is 1.27 bits per heavy atom. The summed E-state index contributed by atoms with van der Waals surface area (Å²) in [7, 11) is 3.33. The van der Waals surface area contributed by atoms with Crippen LogP contribution in [0, 0.1) is 5.92 Å². The first-order valence-corrected chi connectivity index (χ1v) is 5.75. The highest BCUT2D eigenvalue weighted by Gasteiger charge is 2.40. The highest BCUT2D eigenvalue weighted by atomic mass is 16.7. The molecule has 4 nitrogen and oxygen atoms in total. The molecule has 2 aliphatic rings. The number of hydrogen-bond acceptors (Lipinski definition) is 4. The molecule has 0 aromatic carbocycles. The molecule has 2 unspecified atom stereocenters. The molecule has 1 heterocycles. The van der Waals surface area contributed by atoms with E-state index >= 15 is 0 Å². The first-order chi connectivity index (χ1) is 7.35. The molecule has 1 saturated heterocycles. The first-order valence-electron chi connectivity index (χ1n) is 5.75. The number of nitrogens with one attached hydrogen (secondary N) is 1. The standard InChI is InChI=1S/C11H21NO3/c1-13-10(14-2)7-12-9-5-6-15-11(9)8-3-4-8/h8-12H,3-7H2,1-2H3. The van der Waals surface area contributed by atoms with Crippen molar-refractivity contribution in [2.24, 2.45) is 5.92 Å². The third-order valence-electron chi connectivity index (χ3n) is 3.29. The summed E-state index contributed by atoms with van der Waals surface area (Å²) in [5, 5.41) is 3.48. The van der Waals surface area contributed by atoms with Crippen LogP contribution in [0.1, 0.15) is 19.3 Å². The summed E-state index contributed by atoms with van der Waals surface area (Å²) in [6, 6.07) is 0.491. The molecule has 0 bridgehead atoms. The summed E-state index contributed by atoms with van der Waals surface area (Å²) >= 11 is 0. The van der Waals surface area contributed by atoms with Gasteiger partial charge in [-0.05, 0) is 25.2 Å². The van der Waals surface area contributed by atoms with Gasteiger partial charge in [0.05, 0.1) is 6.10 Å². The van der Waals surface area contributed by atoms with Gasteiger partial charge in [0.2, 0.25) is 0 Å². The second kappa shape index (κ2) is 5.25. The van der Waals surface area contributed by atoms with E-state index in [0.717, 1.165) is 25.5 Å². The molecule has 0 aromatic rings. The molecule has 1 aliphatic carbocycles. The van der Waals surface area contributed by atoms with Gasteiger partial charge in [-0.2, -0.15) is 0 Å². The first kappa shape index (κ1) is 11.3. The smallest absolute Gasteiger partial charge is 0.169 e. The molecule has 0 aromatic heterocycles. The fraction of sp³-hybridized carbons (Fsp3) is 1.00. The predicted octanol–water partition coefficient (Wildman–Crippen LogP) is 0.762. The molecule has 0 amide bonds. The zero-order valence-electron chi connectivity index (χ0n) is 9.57. The summed E-state index contributed by atoms with van der Waals surface area (Å²) in [5.41, 5.74) is 0. The van der Waals surface area contributed by atoms with Crippen molar-refractivity contribution in [1.82, 2.24) is 5.32 Å². The summed E-state index contributed by atoms with van der Waals surface area (Å²) in [6.07, 6.45) is 4.06. The largest absolute Gasteiger partial charge is 0.376 e. The lowest BCUT2D eigenvalue weighted by molar-refractivity contribution is -0.101. The second-order valence-electron chi connectivity index (χ2n) is 4.38. The molecule has 0 radical (unpaired) electrons. The van der Waals surface area contributed by atoms with Gasteiger partial charge in [-0.15, -0.1) is 0 Å². The van der Waals surface area contributed by atoms with Gasteiger partial charge in [0.25, 0.3) is 0 Å². The Labute approximate surface area is 91.3 Å². The van der Waals surface area contributed by atoms with Crippen molar-refractivity contribution in [3.63, 3.8) is 0 Å². The number of methoxy groups -OCH3 is 2. The van der Waals surface area contributed by atoms with Gasteiger partial charge in [0.15, 0.2) is 6.29 Å². The second-order valence-corrected chi connectivity index (χ2v) is 4.38. The third kappa shape index (κ3) is 2.91. The molecule has 1 N–H and O–H groups in total. The van der Waals surface area contributed by atoms with Crippen LogP contribution < -0.4 is 5.32 Å². The van der Waals surface area contributed by atoms with Crippen molar-refractivity contribution in [2.45, 2.75) is 37.7 Å². The molecule has 2 rings (SSSR count). The molecule has 0 spiro atoms. The molecular weight excluding hydrogens is 194 g/mol. The molecule has 1 saturated carbocycles. The Hall–Kier alpha value is -0.160. The van der Waals surface area contributed by atoms with E-state index in [-0.39, 0.29) is 6.29 Å². The Balaban J connectivity index is 1.72. The van der Waals surface area contributed by atoms with E-state index in [4.69, 9.17) is 14.2 Å². The van der Waals surface area contributed by atoms with Crippen molar-refractivity contribution in [3.05, 3.63) is 0 Å². The minimum atomic E-state index is -0.148. The topological polar surface area (TPSA) is 39.7 Å².